The molecular formula is C24H20F3N3O4. The molecule has 1 aliphatic rings. The SMILES string of the molecule is O=C(NCCN(C(=O)Nc1ccccc1)c1cccc(C(F)(F)F)c1)c1ccc2c(c1)OCO2. The highest BCUT2D eigenvalue weighted by molar-refractivity contribution is 6.02. The largest absolute Gasteiger partial charge is 0.454 e. The maximum absolute atomic E-state index is 13.2. The minimum Gasteiger partial charge on any atom is -0.454 e. The Hall–Kier alpha value is -4.21. The number of ether oxygens (including phenoxy) is 2. The van der Waals surface area contributed by atoms with Crippen molar-refractivity contribution in [2.75, 3.05) is 30.1 Å². The average molecular weight is 471 g/mol. The lowest BCUT2D eigenvalue weighted by Gasteiger charge is -2.24. The maximum Gasteiger partial charge on any atom is 0.416 e. The van der Waals surface area contributed by atoms with Gasteiger partial charge in [0.2, 0.25) is 6.79 Å². The van der Waals surface area contributed by atoms with Gasteiger partial charge in [-0.3, -0.25) is 9.69 Å². The highest BCUT2D eigenvalue weighted by Gasteiger charge is 2.31. The van der Waals surface area contributed by atoms with E-state index < -0.39 is 23.7 Å². The predicted molar refractivity (Wildman–Crippen MR) is 119 cm³/mol. The van der Waals surface area contributed by atoms with E-state index in [4.69, 9.17) is 9.47 Å². The first kappa shape index (κ1) is 23.0. The highest BCUT2D eigenvalue weighted by Crippen LogP contribution is 2.33. The van der Waals surface area contributed by atoms with Crippen LogP contribution in [0, 0.1) is 0 Å². The first-order chi connectivity index (χ1) is 16.3. The molecule has 1 heterocycles. The van der Waals surface area contributed by atoms with Crippen molar-refractivity contribution in [1.82, 2.24) is 5.32 Å². The second-order valence-corrected chi connectivity index (χ2v) is 7.32. The molecule has 34 heavy (non-hydrogen) atoms. The Balaban J connectivity index is 1.48. The number of alkyl halides is 3. The number of nitrogens with one attached hydrogen (secondary N) is 2. The Morgan fingerprint density at radius 3 is 2.44 bits per heavy atom. The number of amides is 3. The van der Waals surface area contributed by atoms with Crippen molar-refractivity contribution in [3.63, 3.8) is 0 Å². The molecule has 0 fully saturated rings. The number of para-hydroxylation sites is 1. The van der Waals surface area contributed by atoms with Gasteiger partial charge in [-0.2, -0.15) is 13.2 Å². The predicted octanol–water partition coefficient (Wildman–Crippen LogP) is 4.90. The maximum atomic E-state index is 13.2. The van der Waals surface area contributed by atoms with Crippen molar-refractivity contribution >= 4 is 23.3 Å². The molecule has 0 aliphatic carbocycles. The number of fused-ring (bicyclic) bond motifs is 1. The number of urea groups is 1. The van der Waals surface area contributed by atoms with E-state index >= 15 is 0 Å². The van der Waals surface area contributed by atoms with Crippen molar-refractivity contribution in [3.05, 3.63) is 83.9 Å². The molecule has 2 N–H and O–H groups in total. The van der Waals surface area contributed by atoms with E-state index in [1.165, 1.54) is 18.2 Å². The second kappa shape index (κ2) is 9.74. The van der Waals surface area contributed by atoms with E-state index in [-0.39, 0.29) is 25.6 Å². The normalized spacial score (nSPS) is 12.2. The highest BCUT2D eigenvalue weighted by atomic mass is 19.4. The van der Waals surface area contributed by atoms with Crippen molar-refractivity contribution in [2.24, 2.45) is 0 Å². The molecule has 3 aromatic rings. The fourth-order valence-corrected chi connectivity index (χ4v) is 3.33. The molecule has 0 radical (unpaired) electrons. The summed E-state index contributed by atoms with van der Waals surface area (Å²) in [7, 11) is 0. The fraction of sp³-hybridized carbons (Fsp3) is 0.167. The van der Waals surface area contributed by atoms with Gasteiger partial charge in [0, 0.05) is 30.0 Å². The molecule has 1 aliphatic heterocycles. The van der Waals surface area contributed by atoms with E-state index in [2.05, 4.69) is 10.6 Å². The van der Waals surface area contributed by atoms with Crippen LogP contribution in [0.3, 0.4) is 0 Å². The van der Waals surface area contributed by atoms with Crippen LogP contribution in [0.2, 0.25) is 0 Å². The molecule has 3 aromatic carbocycles. The van der Waals surface area contributed by atoms with Crippen LogP contribution in [0.1, 0.15) is 15.9 Å². The molecule has 4 rings (SSSR count). The number of hydrogen-bond donors (Lipinski definition) is 2. The minimum absolute atomic E-state index is 0.00820. The topological polar surface area (TPSA) is 79.9 Å². The van der Waals surface area contributed by atoms with E-state index in [1.54, 1.807) is 42.5 Å². The Morgan fingerprint density at radius 1 is 0.912 bits per heavy atom. The number of nitrogens with zero attached hydrogens (tertiary/aromatic N) is 1. The average Bonchev–Trinajstić information content (AvgIpc) is 3.30. The lowest BCUT2D eigenvalue weighted by atomic mass is 10.1. The number of hydrogen-bond acceptors (Lipinski definition) is 4. The molecule has 0 atom stereocenters. The third-order valence-corrected chi connectivity index (χ3v) is 5.01. The van der Waals surface area contributed by atoms with Crippen molar-refractivity contribution in [3.8, 4) is 11.5 Å². The van der Waals surface area contributed by atoms with Crippen LogP contribution in [0.25, 0.3) is 0 Å². The van der Waals surface area contributed by atoms with Crippen LogP contribution in [0.4, 0.5) is 29.3 Å². The number of benzene rings is 3. The third-order valence-electron chi connectivity index (χ3n) is 5.01. The van der Waals surface area contributed by atoms with Crippen LogP contribution in [-0.4, -0.2) is 31.8 Å². The molecule has 0 aromatic heterocycles. The Kier molecular flexibility index (Phi) is 6.58. The first-order valence-corrected chi connectivity index (χ1v) is 10.3. The molecule has 0 unspecified atom stereocenters. The minimum atomic E-state index is -4.56. The van der Waals surface area contributed by atoms with Gasteiger partial charge in [0.15, 0.2) is 11.5 Å². The van der Waals surface area contributed by atoms with Crippen molar-refractivity contribution in [1.29, 1.82) is 0 Å². The molecule has 7 nitrogen and oxygen atoms in total. The van der Waals surface area contributed by atoms with Gasteiger partial charge in [-0.25, -0.2) is 4.79 Å². The number of anilines is 2. The zero-order chi connectivity index (χ0) is 24.1. The second-order valence-electron chi connectivity index (χ2n) is 7.32. The zero-order valence-electron chi connectivity index (χ0n) is 17.8. The van der Waals surface area contributed by atoms with Gasteiger partial charge < -0.3 is 20.1 Å². The van der Waals surface area contributed by atoms with Crippen molar-refractivity contribution < 1.29 is 32.2 Å². The molecule has 3 amide bonds. The van der Waals surface area contributed by atoms with Gasteiger partial charge in [-0.15, -0.1) is 0 Å². The van der Waals surface area contributed by atoms with Gasteiger partial charge >= 0.3 is 12.2 Å². The van der Waals surface area contributed by atoms with Crippen LogP contribution in [0.5, 0.6) is 11.5 Å². The molecule has 10 heteroatoms. The Morgan fingerprint density at radius 2 is 1.68 bits per heavy atom. The summed E-state index contributed by atoms with van der Waals surface area (Å²) in [6, 6.07) is 17.0. The summed E-state index contributed by atoms with van der Waals surface area (Å²) in [5.41, 5.74) is -0.0371. The van der Waals surface area contributed by atoms with Crippen LogP contribution in [0.15, 0.2) is 72.8 Å². The molecule has 0 spiro atoms. The summed E-state index contributed by atoms with van der Waals surface area (Å²) in [6.45, 7) is -0.00905. The third kappa shape index (κ3) is 5.40. The zero-order valence-corrected chi connectivity index (χ0v) is 17.8. The van der Waals surface area contributed by atoms with Gasteiger partial charge in [0.1, 0.15) is 0 Å². The summed E-state index contributed by atoms with van der Waals surface area (Å²) in [5.74, 6) is 0.552. The number of halogens is 3. The van der Waals surface area contributed by atoms with Crippen LogP contribution >= 0.6 is 0 Å². The smallest absolute Gasteiger partial charge is 0.416 e. The van der Waals surface area contributed by atoms with E-state index in [0.29, 0.717) is 22.7 Å². The number of carbonyl (C=O) groups is 2. The van der Waals surface area contributed by atoms with Gasteiger partial charge in [-0.05, 0) is 48.5 Å². The molecule has 0 bridgehead atoms. The van der Waals surface area contributed by atoms with Gasteiger partial charge in [0.25, 0.3) is 5.91 Å². The quantitative estimate of drug-likeness (QED) is 0.536. The lowest BCUT2D eigenvalue weighted by Crippen LogP contribution is -2.41. The van der Waals surface area contributed by atoms with Crippen LogP contribution in [-0.2, 0) is 6.18 Å². The molecule has 176 valence electrons. The summed E-state index contributed by atoms with van der Waals surface area (Å²) in [4.78, 5) is 26.6. The monoisotopic (exact) mass is 471 g/mol. The molecular weight excluding hydrogens is 451 g/mol. The summed E-state index contributed by atoms with van der Waals surface area (Å²) in [6.07, 6.45) is -4.56. The first-order valence-electron chi connectivity index (χ1n) is 10.3. The van der Waals surface area contributed by atoms with E-state index in [1.807, 2.05) is 0 Å². The van der Waals surface area contributed by atoms with Crippen molar-refractivity contribution in [2.45, 2.75) is 6.18 Å². The lowest BCUT2D eigenvalue weighted by molar-refractivity contribution is -0.137. The fourth-order valence-electron chi connectivity index (χ4n) is 3.33. The number of carbonyl (C=O) groups excluding carboxylic acids is 2. The Labute approximate surface area is 193 Å². The van der Waals surface area contributed by atoms with Gasteiger partial charge in [-0.1, -0.05) is 24.3 Å². The van der Waals surface area contributed by atoms with Crippen LogP contribution < -0.4 is 25.0 Å². The summed E-state index contributed by atoms with van der Waals surface area (Å²) < 4.78 is 50.2. The van der Waals surface area contributed by atoms with E-state index in [0.717, 1.165) is 17.0 Å². The summed E-state index contributed by atoms with van der Waals surface area (Å²) >= 11 is 0. The molecule has 0 saturated carbocycles. The van der Waals surface area contributed by atoms with Gasteiger partial charge in [0.05, 0.1) is 5.56 Å². The molecule has 0 saturated heterocycles. The summed E-state index contributed by atoms with van der Waals surface area (Å²) in [5, 5.41) is 5.33. The standard InChI is InChI=1S/C24H20F3N3O4/c25-24(26,27)17-5-4-8-19(14-17)30(23(32)29-18-6-2-1-3-7-18)12-11-28-22(31)16-9-10-20-21(13-16)34-15-33-20/h1-10,13-14H,11-12,15H2,(H,28,31)(H,29,32). The Bertz CT molecular complexity index is 1190. The van der Waals surface area contributed by atoms with E-state index in [9.17, 15) is 22.8 Å². The number of rotatable bonds is 6.